The molecule has 0 aliphatic heterocycles. The van der Waals surface area contributed by atoms with Gasteiger partial charge >= 0.3 is 0 Å². The molecule has 0 heterocycles. The first-order chi connectivity index (χ1) is 9.72. The number of aliphatic hydroxyl groups is 1. The second-order valence-electron chi connectivity index (χ2n) is 4.68. The average molecular weight is 318 g/mol. The van der Waals surface area contributed by atoms with Crippen LogP contribution in [0.15, 0.2) is 24.3 Å². The second-order valence-corrected chi connectivity index (χ2v) is 6.10. The normalized spacial score (nSPS) is 12.3. The van der Waals surface area contributed by atoms with E-state index in [0.29, 0.717) is 17.3 Å². The monoisotopic (exact) mass is 317 g/mol. The molecule has 20 heavy (non-hydrogen) atoms. The minimum absolute atomic E-state index is 0.278. The van der Waals surface area contributed by atoms with Crippen molar-refractivity contribution in [2.24, 2.45) is 0 Å². The van der Waals surface area contributed by atoms with Gasteiger partial charge in [0.15, 0.2) is 0 Å². The van der Waals surface area contributed by atoms with Crippen molar-refractivity contribution in [3.8, 4) is 5.75 Å². The van der Waals surface area contributed by atoms with E-state index in [4.69, 9.17) is 16.3 Å². The fourth-order valence-corrected chi connectivity index (χ4v) is 2.42. The molecule has 0 aromatic heterocycles. The van der Waals surface area contributed by atoms with Crippen LogP contribution >= 0.6 is 23.4 Å². The van der Waals surface area contributed by atoms with Crippen LogP contribution in [0.1, 0.15) is 19.3 Å². The predicted octanol–water partition coefficient (Wildman–Crippen LogP) is 3.20. The van der Waals surface area contributed by atoms with Gasteiger partial charge in [0.25, 0.3) is 0 Å². The number of nitrogens with one attached hydrogen (secondary N) is 1. The van der Waals surface area contributed by atoms with E-state index in [9.17, 15) is 5.11 Å². The Balaban J connectivity index is 2.01. The predicted molar refractivity (Wildman–Crippen MR) is 88.1 cm³/mol. The molecule has 0 aliphatic carbocycles. The van der Waals surface area contributed by atoms with Crippen LogP contribution in [0.2, 0.25) is 5.02 Å². The Kier molecular flexibility index (Phi) is 9.93. The third-order valence-electron chi connectivity index (χ3n) is 2.82. The molecular formula is C15H24ClNO2S. The fraction of sp³-hybridized carbons (Fsp3) is 0.600. The Hall–Kier alpha value is -0.420. The molecular weight excluding hydrogens is 294 g/mol. The van der Waals surface area contributed by atoms with E-state index in [-0.39, 0.29) is 6.61 Å². The SMILES string of the molecule is CSCCCCCNCC(O)COc1cccc(Cl)c1. The van der Waals surface area contributed by atoms with Crippen molar-refractivity contribution in [3.63, 3.8) is 0 Å². The maximum atomic E-state index is 9.80. The summed E-state index contributed by atoms with van der Waals surface area (Å²) >= 11 is 7.75. The molecule has 1 rings (SSSR count). The summed E-state index contributed by atoms with van der Waals surface area (Å²) in [4.78, 5) is 0. The van der Waals surface area contributed by atoms with E-state index >= 15 is 0 Å². The lowest BCUT2D eigenvalue weighted by molar-refractivity contribution is 0.106. The number of benzene rings is 1. The van der Waals surface area contributed by atoms with Gasteiger partial charge in [0.05, 0.1) is 0 Å². The number of ether oxygens (including phenoxy) is 1. The molecule has 0 spiro atoms. The molecule has 0 saturated carbocycles. The molecule has 0 amide bonds. The molecule has 0 radical (unpaired) electrons. The maximum Gasteiger partial charge on any atom is 0.120 e. The molecule has 0 saturated heterocycles. The van der Waals surface area contributed by atoms with Crippen LogP contribution in [0, 0.1) is 0 Å². The molecule has 5 heteroatoms. The van der Waals surface area contributed by atoms with Gasteiger partial charge in [-0.2, -0.15) is 11.8 Å². The molecule has 114 valence electrons. The highest BCUT2D eigenvalue weighted by molar-refractivity contribution is 7.98. The van der Waals surface area contributed by atoms with E-state index in [1.165, 1.54) is 18.6 Å². The Morgan fingerprint density at radius 2 is 2.20 bits per heavy atom. The standard InChI is InChI=1S/C15H24ClNO2S/c1-20-9-4-2-3-8-17-11-14(18)12-19-15-7-5-6-13(16)10-15/h5-7,10,14,17-18H,2-4,8-9,11-12H2,1H3. The minimum atomic E-state index is -0.500. The molecule has 1 aromatic rings. The van der Waals surface area contributed by atoms with Crippen LogP contribution in [-0.4, -0.2) is 42.9 Å². The molecule has 0 aliphatic rings. The number of unbranched alkanes of at least 4 members (excludes halogenated alkanes) is 2. The third kappa shape index (κ3) is 8.69. The highest BCUT2D eigenvalue weighted by atomic mass is 35.5. The number of rotatable bonds is 11. The Bertz CT molecular complexity index is 365. The summed E-state index contributed by atoms with van der Waals surface area (Å²) < 4.78 is 5.48. The average Bonchev–Trinajstić information content (AvgIpc) is 2.44. The summed E-state index contributed by atoms with van der Waals surface area (Å²) in [6.45, 7) is 1.78. The van der Waals surface area contributed by atoms with Crippen LogP contribution in [0.25, 0.3) is 0 Å². The first kappa shape index (κ1) is 17.6. The van der Waals surface area contributed by atoms with Gasteiger partial charge in [-0.25, -0.2) is 0 Å². The number of hydrogen-bond acceptors (Lipinski definition) is 4. The summed E-state index contributed by atoms with van der Waals surface area (Å²) in [5.41, 5.74) is 0. The van der Waals surface area contributed by atoms with Crippen molar-refractivity contribution >= 4 is 23.4 Å². The number of hydrogen-bond donors (Lipinski definition) is 2. The molecule has 1 atom stereocenters. The largest absolute Gasteiger partial charge is 0.491 e. The highest BCUT2D eigenvalue weighted by Crippen LogP contribution is 2.17. The number of halogens is 1. The van der Waals surface area contributed by atoms with Crippen molar-refractivity contribution in [1.29, 1.82) is 0 Å². The molecule has 1 aromatic carbocycles. The summed E-state index contributed by atoms with van der Waals surface area (Å²) in [5.74, 6) is 1.92. The van der Waals surface area contributed by atoms with Crippen LogP contribution in [-0.2, 0) is 0 Å². The highest BCUT2D eigenvalue weighted by Gasteiger charge is 2.04. The Morgan fingerprint density at radius 1 is 1.35 bits per heavy atom. The first-order valence-corrected chi connectivity index (χ1v) is 8.75. The van der Waals surface area contributed by atoms with Gasteiger partial charge in [-0.3, -0.25) is 0 Å². The van der Waals surface area contributed by atoms with E-state index < -0.39 is 6.10 Å². The lowest BCUT2D eigenvalue weighted by Crippen LogP contribution is -2.32. The van der Waals surface area contributed by atoms with Crippen LogP contribution in [0.3, 0.4) is 0 Å². The maximum absolute atomic E-state index is 9.80. The van der Waals surface area contributed by atoms with Gasteiger partial charge < -0.3 is 15.2 Å². The van der Waals surface area contributed by atoms with Crippen molar-refractivity contribution < 1.29 is 9.84 Å². The zero-order chi connectivity index (χ0) is 14.6. The summed E-state index contributed by atoms with van der Waals surface area (Å²) in [5, 5.41) is 13.7. The van der Waals surface area contributed by atoms with Crippen molar-refractivity contribution in [2.45, 2.75) is 25.4 Å². The molecule has 3 nitrogen and oxygen atoms in total. The third-order valence-corrected chi connectivity index (χ3v) is 3.75. The molecule has 0 bridgehead atoms. The summed E-state index contributed by atoms with van der Waals surface area (Å²) in [7, 11) is 0. The van der Waals surface area contributed by atoms with Gasteiger partial charge in [-0.05, 0) is 49.6 Å². The van der Waals surface area contributed by atoms with Crippen LogP contribution in [0.5, 0.6) is 5.75 Å². The van der Waals surface area contributed by atoms with Crippen LogP contribution in [0.4, 0.5) is 0 Å². The zero-order valence-corrected chi connectivity index (χ0v) is 13.6. The zero-order valence-electron chi connectivity index (χ0n) is 12.0. The molecule has 2 N–H and O–H groups in total. The van der Waals surface area contributed by atoms with Crippen LogP contribution < -0.4 is 10.1 Å². The lowest BCUT2D eigenvalue weighted by Gasteiger charge is -2.13. The molecule has 1 unspecified atom stereocenters. The lowest BCUT2D eigenvalue weighted by atomic mass is 10.2. The summed E-state index contributed by atoms with van der Waals surface area (Å²) in [6.07, 6.45) is 5.29. The number of thioether (sulfide) groups is 1. The van der Waals surface area contributed by atoms with Crippen molar-refractivity contribution in [1.82, 2.24) is 5.32 Å². The van der Waals surface area contributed by atoms with Gasteiger partial charge in [0.1, 0.15) is 18.5 Å². The number of aliphatic hydroxyl groups excluding tert-OH is 1. The fourth-order valence-electron chi connectivity index (χ4n) is 1.75. The smallest absolute Gasteiger partial charge is 0.120 e. The Labute approximate surface area is 131 Å². The van der Waals surface area contributed by atoms with Gasteiger partial charge in [0.2, 0.25) is 0 Å². The van der Waals surface area contributed by atoms with Crippen molar-refractivity contribution in [2.75, 3.05) is 31.7 Å². The quantitative estimate of drug-likeness (QED) is 0.615. The van der Waals surface area contributed by atoms with E-state index in [2.05, 4.69) is 11.6 Å². The second kappa shape index (κ2) is 11.3. The summed E-state index contributed by atoms with van der Waals surface area (Å²) in [6, 6.07) is 7.20. The Morgan fingerprint density at radius 3 is 2.95 bits per heavy atom. The topological polar surface area (TPSA) is 41.5 Å². The van der Waals surface area contributed by atoms with E-state index in [0.717, 1.165) is 13.0 Å². The van der Waals surface area contributed by atoms with E-state index in [1.54, 1.807) is 12.1 Å². The van der Waals surface area contributed by atoms with Crippen molar-refractivity contribution in [3.05, 3.63) is 29.3 Å². The van der Waals surface area contributed by atoms with Gasteiger partial charge in [0, 0.05) is 11.6 Å². The van der Waals surface area contributed by atoms with E-state index in [1.807, 2.05) is 23.9 Å². The molecule has 0 fully saturated rings. The van der Waals surface area contributed by atoms with Gasteiger partial charge in [-0.1, -0.05) is 24.1 Å². The minimum Gasteiger partial charge on any atom is -0.491 e. The van der Waals surface area contributed by atoms with Gasteiger partial charge in [-0.15, -0.1) is 0 Å². The first-order valence-electron chi connectivity index (χ1n) is 6.98.